The predicted octanol–water partition coefficient (Wildman–Crippen LogP) is 3.40. The monoisotopic (exact) mass is 332 g/mol. The molecule has 0 aliphatic carbocycles. The second kappa shape index (κ2) is 6.41. The van der Waals surface area contributed by atoms with Gasteiger partial charge in [-0.1, -0.05) is 17.7 Å². The number of ether oxygens (including phenoxy) is 1. The topological polar surface area (TPSA) is 50.4 Å². The van der Waals surface area contributed by atoms with Crippen molar-refractivity contribution in [1.29, 1.82) is 0 Å². The van der Waals surface area contributed by atoms with Crippen LogP contribution in [0.25, 0.3) is 0 Å². The molecule has 2 rings (SSSR count). The molecule has 0 unspecified atom stereocenters. The lowest BCUT2D eigenvalue weighted by molar-refractivity contribution is 0.112. The molecule has 4 nitrogen and oxygen atoms in total. The van der Waals surface area contributed by atoms with Crippen molar-refractivity contribution in [3.05, 3.63) is 27.7 Å². The Bertz CT molecular complexity index is 436. The molecule has 1 aromatic rings. The van der Waals surface area contributed by atoms with Crippen molar-refractivity contribution in [2.75, 3.05) is 18.5 Å². The molecule has 1 saturated heterocycles. The van der Waals surface area contributed by atoms with Crippen molar-refractivity contribution in [2.45, 2.75) is 18.9 Å². The van der Waals surface area contributed by atoms with Crippen molar-refractivity contribution in [3.8, 4) is 0 Å². The number of urea groups is 1. The van der Waals surface area contributed by atoms with Gasteiger partial charge in [0.1, 0.15) is 0 Å². The number of halogens is 2. The average Bonchev–Trinajstić information content (AvgIpc) is 2.86. The standard InChI is InChI=1S/C12H14BrClN2O2/c13-11-9(14)4-1-5-10(11)16-12(17)15-7-8-3-2-6-18-8/h1,4-5,8H,2-3,6-7H2,(H2,15,16,17)/t8-/m0/s1. The van der Waals surface area contributed by atoms with E-state index in [9.17, 15) is 4.79 Å². The van der Waals surface area contributed by atoms with E-state index in [1.54, 1.807) is 18.2 Å². The Hall–Kier alpha value is -0.780. The zero-order chi connectivity index (χ0) is 13.0. The van der Waals surface area contributed by atoms with Gasteiger partial charge in [0, 0.05) is 13.2 Å². The first kappa shape index (κ1) is 13.6. The van der Waals surface area contributed by atoms with Crippen molar-refractivity contribution >= 4 is 39.2 Å². The largest absolute Gasteiger partial charge is 0.376 e. The normalized spacial score (nSPS) is 18.7. The maximum Gasteiger partial charge on any atom is 0.319 e. The summed E-state index contributed by atoms with van der Waals surface area (Å²) in [5.74, 6) is 0. The van der Waals surface area contributed by atoms with Crippen LogP contribution < -0.4 is 10.6 Å². The molecular weight excluding hydrogens is 320 g/mol. The van der Waals surface area contributed by atoms with Crippen LogP contribution in [0.15, 0.2) is 22.7 Å². The van der Waals surface area contributed by atoms with E-state index in [2.05, 4.69) is 26.6 Å². The number of hydrogen-bond acceptors (Lipinski definition) is 2. The Morgan fingerprint density at radius 2 is 2.39 bits per heavy atom. The molecule has 18 heavy (non-hydrogen) atoms. The number of carbonyl (C=O) groups excluding carboxylic acids is 1. The lowest BCUT2D eigenvalue weighted by atomic mass is 10.2. The first-order valence-corrected chi connectivity index (χ1v) is 6.94. The van der Waals surface area contributed by atoms with Gasteiger partial charge >= 0.3 is 6.03 Å². The predicted molar refractivity (Wildman–Crippen MR) is 75.1 cm³/mol. The molecular formula is C12H14BrClN2O2. The minimum Gasteiger partial charge on any atom is -0.376 e. The summed E-state index contributed by atoms with van der Waals surface area (Å²) < 4.78 is 6.10. The molecule has 0 spiro atoms. The van der Waals surface area contributed by atoms with E-state index in [-0.39, 0.29) is 12.1 Å². The third-order valence-electron chi connectivity index (χ3n) is 2.71. The minimum atomic E-state index is -0.256. The molecule has 6 heteroatoms. The van der Waals surface area contributed by atoms with Crippen LogP contribution in [0.5, 0.6) is 0 Å². The molecule has 2 N–H and O–H groups in total. The van der Waals surface area contributed by atoms with Gasteiger partial charge in [-0.25, -0.2) is 4.79 Å². The van der Waals surface area contributed by atoms with Gasteiger partial charge in [0.25, 0.3) is 0 Å². The third kappa shape index (κ3) is 3.60. The molecule has 1 atom stereocenters. The smallest absolute Gasteiger partial charge is 0.319 e. The van der Waals surface area contributed by atoms with Crippen LogP contribution in [-0.2, 0) is 4.74 Å². The molecule has 98 valence electrons. The summed E-state index contributed by atoms with van der Waals surface area (Å²) in [4.78, 5) is 11.7. The molecule has 0 radical (unpaired) electrons. The lowest BCUT2D eigenvalue weighted by Gasteiger charge is -2.12. The van der Waals surface area contributed by atoms with Crippen molar-refractivity contribution < 1.29 is 9.53 Å². The van der Waals surface area contributed by atoms with E-state index in [1.807, 2.05) is 0 Å². The fourth-order valence-electron chi connectivity index (χ4n) is 1.78. The van der Waals surface area contributed by atoms with Crippen LogP contribution in [0.4, 0.5) is 10.5 Å². The maximum atomic E-state index is 11.7. The maximum absolute atomic E-state index is 11.7. The SMILES string of the molecule is O=C(NC[C@@H]1CCCO1)Nc1cccc(Cl)c1Br. The summed E-state index contributed by atoms with van der Waals surface area (Å²) >= 11 is 9.27. The van der Waals surface area contributed by atoms with Crippen molar-refractivity contribution in [3.63, 3.8) is 0 Å². The molecule has 1 fully saturated rings. The van der Waals surface area contributed by atoms with Gasteiger partial charge < -0.3 is 15.4 Å². The van der Waals surface area contributed by atoms with Crippen molar-refractivity contribution in [2.24, 2.45) is 0 Å². The fraction of sp³-hybridized carbons (Fsp3) is 0.417. The van der Waals surface area contributed by atoms with Gasteiger partial charge in [0.15, 0.2) is 0 Å². The number of benzene rings is 1. The number of carbonyl (C=O) groups is 1. The first-order chi connectivity index (χ1) is 8.66. The third-order valence-corrected chi connectivity index (χ3v) is 4.11. The van der Waals surface area contributed by atoms with E-state index in [4.69, 9.17) is 16.3 Å². The summed E-state index contributed by atoms with van der Waals surface area (Å²) in [6, 6.07) is 5.05. The van der Waals surface area contributed by atoms with Crippen molar-refractivity contribution in [1.82, 2.24) is 5.32 Å². The second-order valence-electron chi connectivity index (χ2n) is 4.07. The van der Waals surface area contributed by atoms with Gasteiger partial charge in [-0.2, -0.15) is 0 Å². The molecule has 1 aliphatic heterocycles. The number of anilines is 1. The number of hydrogen-bond donors (Lipinski definition) is 2. The molecule has 0 saturated carbocycles. The molecule has 0 bridgehead atoms. The Morgan fingerprint density at radius 1 is 1.56 bits per heavy atom. The van der Waals surface area contributed by atoms with Gasteiger partial charge in [-0.05, 0) is 40.9 Å². The van der Waals surface area contributed by atoms with E-state index < -0.39 is 0 Å². The summed E-state index contributed by atoms with van der Waals surface area (Å²) in [5, 5.41) is 6.08. The minimum absolute atomic E-state index is 0.138. The highest BCUT2D eigenvalue weighted by molar-refractivity contribution is 9.10. The van der Waals surface area contributed by atoms with E-state index in [0.717, 1.165) is 19.4 Å². The molecule has 0 aromatic heterocycles. The van der Waals surface area contributed by atoms with E-state index in [0.29, 0.717) is 21.7 Å². The Morgan fingerprint density at radius 3 is 3.11 bits per heavy atom. The Kier molecular flexibility index (Phi) is 4.86. The molecule has 1 aromatic carbocycles. The lowest BCUT2D eigenvalue weighted by Crippen LogP contribution is -2.35. The summed E-state index contributed by atoms with van der Waals surface area (Å²) in [6.07, 6.45) is 2.20. The zero-order valence-electron chi connectivity index (χ0n) is 9.71. The number of amides is 2. The van der Waals surface area contributed by atoms with E-state index >= 15 is 0 Å². The van der Waals surface area contributed by atoms with Crippen LogP contribution in [0.1, 0.15) is 12.8 Å². The Balaban J connectivity index is 1.84. The van der Waals surface area contributed by atoms with Crippen LogP contribution in [0, 0.1) is 0 Å². The highest BCUT2D eigenvalue weighted by Crippen LogP contribution is 2.29. The Labute approximate surface area is 119 Å². The van der Waals surface area contributed by atoms with Crippen LogP contribution in [0.2, 0.25) is 5.02 Å². The average molecular weight is 334 g/mol. The van der Waals surface area contributed by atoms with Gasteiger partial charge in [0.2, 0.25) is 0 Å². The summed E-state index contributed by atoms with van der Waals surface area (Å²) in [7, 11) is 0. The number of nitrogens with one attached hydrogen (secondary N) is 2. The zero-order valence-corrected chi connectivity index (χ0v) is 12.1. The highest BCUT2D eigenvalue weighted by atomic mass is 79.9. The second-order valence-corrected chi connectivity index (χ2v) is 5.27. The van der Waals surface area contributed by atoms with Gasteiger partial charge in [-0.15, -0.1) is 0 Å². The summed E-state index contributed by atoms with van der Waals surface area (Å²) in [6.45, 7) is 1.32. The quantitative estimate of drug-likeness (QED) is 0.890. The van der Waals surface area contributed by atoms with Crippen LogP contribution >= 0.6 is 27.5 Å². The van der Waals surface area contributed by atoms with Gasteiger partial charge in [-0.3, -0.25) is 0 Å². The first-order valence-electron chi connectivity index (χ1n) is 5.77. The van der Waals surface area contributed by atoms with Crippen LogP contribution in [0.3, 0.4) is 0 Å². The number of rotatable bonds is 3. The van der Waals surface area contributed by atoms with Crippen LogP contribution in [-0.4, -0.2) is 25.3 Å². The highest BCUT2D eigenvalue weighted by Gasteiger charge is 2.16. The molecule has 1 heterocycles. The van der Waals surface area contributed by atoms with Gasteiger partial charge in [0.05, 0.1) is 21.3 Å². The molecule has 1 aliphatic rings. The fourth-order valence-corrected chi connectivity index (χ4v) is 2.32. The molecule has 2 amide bonds. The summed E-state index contributed by atoms with van der Waals surface area (Å²) in [5.41, 5.74) is 0.646. The van der Waals surface area contributed by atoms with E-state index in [1.165, 1.54) is 0 Å².